The van der Waals surface area contributed by atoms with Crippen molar-refractivity contribution in [3.63, 3.8) is 0 Å². The Morgan fingerprint density at radius 1 is 0.806 bits per heavy atom. The molecule has 0 saturated carbocycles. The largest absolute Gasteiger partial charge is 0.273 e. The van der Waals surface area contributed by atoms with Gasteiger partial charge >= 0.3 is 0 Å². The van der Waals surface area contributed by atoms with Crippen LogP contribution < -0.4 is 5.43 Å². The lowest BCUT2D eigenvalue weighted by molar-refractivity contribution is -0.121. The van der Waals surface area contributed by atoms with Crippen LogP contribution in [0.5, 0.6) is 0 Å². The molecular formula is C28H46N2O. The number of hydrogen-bond acceptors (Lipinski definition) is 2. The number of aryl methyl sites for hydroxylation is 2. The molecular weight excluding hydrogens is 380 g/mol. The monoisotopic (exact) mass is 426 g/mol. The lowest BCUT2D eigenvalue weighted by atomic mass is 10.0. The maximum Gasteiger partial charge on any atom is 0.240 e. The van der Waals surface area contributed by atoms with Crippen LogP contribution in [-0.4, -0.2) is 12.1 Å². The van der Waals surface area contributed by atoms with Crippen LogP contribution in [0.3, 0.4) is 0 Å². The van der Waals surface area contributed by atoms with E-state index in [0.717, 1.165) is 18.4 Å². The maximum absolute atomic E-state index is 11.9. The van der Waals surface area contributed by atoms with E-state index in [4.69, 9.17) is 0 Å². The van der Waals surface area contributed by atoms with Gasteiger partial charge < -0.3 is 0 Å². The van der Waals surface area contributed by atoms with Crippen molar-refractivity contribution in [1.29, 1.82) is 0 Å². The summed E-state index contributed by atoms with van der Waals surface area (Å²) in [5, 5.41) is 4.13. The summed E-state index contributed by atoms with van der Waals surface area (Å²) in [6.45, 7) is 2.28. The molecule has 1 N–H and O–H groups in total. The van der Waals surface area contributed by atoms with E-state index in [1.807, 2.05) is 0 Å². The lowest BCUT2D eigenvalue weighted by Crippen LogP contribution is -2.16. The molecule has 0 spiro atoms. The molecule has 2 rings (SSSR count). The summed E-state index contributed by atoms with van der Waals surface area (Å²) < 4.78 is 0. The van der Waals surface area contributed by atoms with Crippen molar-refractivity contribution in [2.24, 2.45) is 5.10 Å². The quantitative estimate of drug-likeness (QED) is 0.145. The zero-order chi connectivity index (χ0) is 22.0. The number of nitrogens with zero attached hydrogens (tertiary/aromatic N) is 1. The predicted molar refractivity (Wildman–Crippen MR) is 134 cm³/mol. The van der Waals surface area contributed by atoms with Gasteiger partial charge in [0.25, 0.3) is 0 Å². The topological polar surface area (TPSA) is 41.5 Å². The molecule has 3 nitrogen and oxygen atoms in total. The van der Waals surface area contributed by atoms with Crippen molar-refractivity contribution in [3.8, 4) is 0 Å². The van der Waals surface area contributed by atoms with Crippen molar-refractivity contribution in [2.75, 3.05) is 0 Å². The second kappa shape index (κ2) is 17.0. The highest BCUT2D eigenvalue weighted by atomic mass is 16.2. The zero-order valence-electron chi connectivity index (χ0n) is 20.1. The van der Waals surface area contributed by atoms with Gasteiger partial charge in [0, 0.05) is 6.42 Å². The van der Waals surface area contributed by atoms with Crippen LogP contribution in [-0.2, 0) is 17.6 Å². The fraction of sp³-hybridized carbons (Fsp3) is 0.714. The first-order valence-electron chi connectivity index (χ1n) is 13.2. The van der Waals surface area contributed by atoms with Crippen LogP contribution in [0, 0.1) is 0 Å². The van der Waals surface area contributed by atoms with Crippen LogP contribution in [0.25, 0.3) is 0 Å². The standard InChI is InChI=1S/C28H46N2O/c1-2-3-4-5-6-7-8-9-10-11-12-13-14-15-16-20-28(31)30-29-24-25-21-22-26-18-17-19-27(26)23-25/h21-24H,2-20H2,1H3,(H,30,31)/b29-24-. The number of carbonyl (C=O) groups is 1. The Bertz CT molecular complexity index is 638. The Morgan fingerprint density at radius 2 is 1.35 bits per heavy atom. The summed E-state index contributed by atoms with van der Waals surface area (Å²) in [6, 6.07) is 6.49. The molecule has 1 aliphatic rings. The summed E-state index contributed by atoms with van der Waals surface area (Å²) in [4.78, 5) is 11.9. The third kappa shape index (κ3) is 12.1. The van der Waals surface area contributed by atoms with E-state index in [-0.39, 0.29) is 5.91 Å². The van der Waals surface area contributed by atoms with Crippen molar-refractivity contribution in [3.05, 3.63) is 34.9 Å². The normalized spacial score (nSPS) is 13.1. The molecule has 0 bridgehead atoms. The first-order valence-corrected chi connectivity index (χ1v) is 13.2. The van der Waals surface area contributed by atoms with E-state index in [2.05, 4.69) is 35.7 Å². The summed E-state index contributed by atoms with van der Waals surface area (Å²) in [5.41, 5.74) is 6.66. The summed E-state index contributed by atoms with van der Waals surface area (Å²) >= 11 is 0. The molecule has 0 fully saturated rings. The molecule has 1 aromatic rings. The number of carbonyl (C=O) groups excluding carboxylic acids is 1. The van der Waals surface area contributed by atoms with Gasteiger partial charge in [0.2, 0.25) is 5.91 Å². The van der Waals surface area contributed by atoms with Crippen LogP contribution in [0.1, 0.15) is 133 Å². The highest BCUT2D eigenvalue weighted by Gasteiger charge is 2.10. The minimum Gasteiger partial charge on any atom is -0.273 e. The molecule has 0 aromatic heterocycles. The molecule has 174 valence electrons. The average molecular weight is 427 g/mol. The smallest absolute Gasteiger partial charge is 0.240 e. The van der Waals surface area contributed by atoms with Gasteiger partial charge in [-0.25, -0.2) is 5.43 Å². The second-order valence-electron chi connectivity index (χ2n) is 9.37. The summed E-state index contributed by atoms with van der Waals surface area (Å²) in [6.07, 6.45) is 26.1. The average Bonchev–Trinajstić information content (AvgIpc) is 3.24. The number of hydrazone groups is 1. The van der Waals surface area contributed by atoms with Gasteiger partial charge in [-0.05, 0) is 48.4 Å². The van der Waals surface area contributed by atoms with Gasteiger partial charge in [-0.2, -0.15) is 5.10 Å². The number of rotatable bonds is 18. The molecule has 0 radical (unpaired) electrons. The van der Waals surface area contributed by atoms with Crippen LogP contribution in [0.2, 0.25) is 0 Å². The molecule has 0 atom stereocenters. The maximum atomic E-state index is 11.9. The van der Waals surface area contributed by atoms with E-state index >= 15 is 0 Å². The third-order valence-corrected chi connectivity index (χ3v) is 6.53. The van der Waals surface area contributed by atoms with Gasteiger partial charge in [0.15, 0.2) is 0 Å². The van der Waals surface area contributed by atoms with Crippen LogP contribution in [0.4, 0.5) is 0 Å². The van der Waals surface area contributed by atoms with E-state index in [1.54, 1.807) is 6.21 Å². The van der Waals surface area contributed by atoms with Gasteiger partial charge in [-0.3, -0.25) is 4.79 Å². The molecule has 0 saturated heterocycles. The highest BCUT2D eigenvalue weighted by Crippen LogP contribution is 2.22. The van der Waals surface area contributed by atoms with Crippen molar-refractivity contribution >= 4 is 12.1 Å². The number of unbranched alkanes of at least 4 members (excludes halogenated alkanes) is 14. The fourth-order valence-electron chi connectivity index (χ4n) is 4.56. The summed E-state index contributed by atoms with van der Waals surface area (Å²) in [7, 11) is 0. The van der Waals surface area contributed by atoms with E-state index in [1.165, 1.54) is 114 Å². The predicted octanol–water partition coefficient (Wildman–Crippen LogP) is 7.89. The molecule has 1 aromatic carbocycles. The van der Waals surface area contributed by atoms with E-state index in [9.17, 15) is 4.79 Å². The van der Waals surface area contributed by atoms with Crippen LogP contribution >= 0.6 is 0 Å². The first-order chi connectivity index (χ1) is 15.3. The van der Waals surface area contributed by atoms with Crippen LogP contribution in [0.15, 0.2) is 23.3 Å². The van der Waals surface area contributed by atoms with Gasteiger partial charge in [0.1, 0.15) is 0 Å². The van der Waals surface area contributed by atoms with Crippen molar-refractivity contribution in [1.82, 2.24) is 5.43 Å². The zero-order valence-corrected chi connectivity index (χ0v) is 20.1. The molecule has 1 aliphatic carbocycles. The van der Waals surface area contributed by atoms with Gasteiger partial charge in [-0.1, -0.05) is 109 Å². The minimum absolute atomic E-state index is 0.0344. The van der Waals surface area contributed by atoms with Gasteiger partial charge in [0.05, 0.1) is 6.21 Å². The van der Waals surface area contributed by atoms with E-state index in [0.29, 0.717) is 6.42 Å². The third-order valence-electron chi connectivity index (χ3n) is 6.53. The Kier molecular flexibility index (Phi) is 14.0. The SMILES string of the molecule is CCCCCCCCCCCCCCCCCC(=O)N/N=C\c1ccc2c(c1)CCC2. The fourth-order valence-corrected chi connectivity index (χ4v) is 4.56. The first kappa shape index (κ1) is 25.6. The van der Waals surface area contributed by atoms with Crippen molar-refractivity contribution in [2.45, 2.75) is 129 Å². The number of amides is 1. The molecule has 0 heterocycles. The summed E-state index contributed by atoms with van der Waals surface area (Å²) in [5.74, 6) is 0.0344. The molecule has 0 aliphatic heterocycles. The van der Waals surface area contributed by atoms with Crippen molar-refractivity contribution < 1.29 is 4.79 Å². The minimum atomic E-state index is 0.0344. The molecule has 3 heteroatoms. The highest BCUT2D eigenvalue weighted by molar-refractivity contribution is 5.82. The second-order valence-corrected chi connectivity index (χ2v) is 9.37. The molecule has 0 unspecified atom stereocenters. The van der Waals surface area contributed by atoms with E-state index < -0.39 is 0 Å². The molecule has 31 heavy (non-hydrogen) atoms. The number of fused-ring (bicyclic) bond motifs is 1. The Labute approximate surface area is 191 Å². The molecule has 1 amide bonds. The Balaban J connectivity index is 1.35. The lowest BCUT2D eigenvalue weighted by Gasteiger charge is -2.03. The Hall–Kier alpha value is -1.64. The van der Waals surface area contributed by atoms with Gasteiger partial charge in [-0.15, -0.1) is 0 Å². The number of benzene rings is 1. The number of nitrogens with one attached hydrogen (secondary N) is 1. The number of hydrogen-bond donors (Lipinski definition) is 1. The Morgan fingerprint density at radius 3 is 1.97 bits per heavy atom.